The van der Waals surface area contributed by atoms with Gasteiger partial charge in [-0.15, -0.1) is 0 Å². The van der Waals surface area contributed by atoms with E-state index < -0.39 is 8.56 Å². The van der Waals surface area contributed by atoms with Gasteiger partial charge in [-0.1, -0.05) is 25.7 Å². The van der Waals surface area contributed by atoms with E-state index in [-0.39, 0.29) is 5.22 Å². The molecule has 0 aromatic carbocycles. The van der Waals surface area contributed by atoms with Crippen LogP contribution in [0.25, 0.3) is 0 Å². The topological polar surface area (TPSA) is 40.2 Å². The van der Waals surface area contributed by atoms with Crippen molar-refractivity contribution in [2.45, 2.75) is 83.1 Å². The first-order chi connectivity index (χ1) is 10.7. The van der Waals surface area contributed by atoms with Crippen LogP contribution < -0.4 is 0 Å². The van der Waals surface area contributed by atoms with Gasteiger partial charge in [-0.05, 0) is 46.1 Å². The van der Waals surface area contributed by atoms with Gasteiger partial charge in [0, 0.05) is 19.8 Å². The number of unbranched alkanes of at least 4 members (excludes halogenated alkanes) is 1. The highest BCUT2D eigenvalue weighted by atomic mass is 28.4. The third-order valence-corrected chi connectivity index (χ3v) is 9.52. The van der Waals surface area contributed by atoms with Gasteiger partial charge in [-0.25, -0.2) is 0 Å². The van der Waals surface area contributed by atoms with Gasteiger partial charge in [0.15, 0.2) is 0 Å². The molecule has 2 heterocycles. The molecule has 2 atom stereocenters. The van der Waals surface area contributed by atoms with Crippen LogP contribution in [0.15, 0.2) is 0 Å². The first-order valence-electron chi connectivity index (χ1n) is 9.25. The van der Waals surface area contributed by atoms with Gasteiger partial charge in [0.05, 0.1) is 12.7 Å². The summed E-state index contributed by atoms with van der Waals surface area (Å²) in [6.45, 7) is 9.46. The lowest BCUT2D eigenvalue weighted by atomic mass is 10.0. The fraction of sp³-hybridized carbons (Fsp3) is 1.00. The maximum atomic E-state index is 6.39. The van der Waals surface area contributed by atoms with E-state index in [4.69, 9.17) is 18.3 Å². The van der Waals surface area contributed by atoms with Crippen LogP contribution in [-0.4, -0.2) is 46.3 Å². The maximum Gasteiger partial charge on any atom is 0.371 e. The van der Waals surface area contributed by atoms with Crippen molar-refractivity contribution in [2.24, 2.45) is 0 Å². The molecule has 2 saturated heterocycles. The van der Waals surface area contributed by atoms with Crippen LogP contribution in [0.1, 0.15) is 65.7 Å². The summed E-state index contributed by atoms with van der Waals surface area (Å²) < 4.78 is 24.4. The van der Waals surface area contributed by atoms with E-state index >= 15 is 0 Å². The minimum absolute atomic E-state index is 0.142. The standard InChI is InChI=1S/C17H34O4Si/c1-4-19-17(12-8-7-11-16-15-18-16)13-9-10-14-22(17,20-5-2)21-6-3/h16H,4-15H2,1-3H3. The Kier molecular flexibility index (Phi) is 7.34. The predicted molar refractivity (Wildman–Crippen MR) is 90.2 cm³/mol. The molecule has 130 valence electrons. The van der Waals surface area contributed by atoms with Gasteiger partial charge in [0.25, 0.3) is 0 Å². The average molecular weight is 331 g/mol. The van der Waals surface area contributed by atoms with Crippen LogP contribution >= 0.6 is 0 Å². The second-order valence-electron chi connectivity index (χ2n) is 6.45. The molecule has 0 bridgehead atoms. The summed E-state index contributed by atoms with van der Waals surface area (Å²) in [6.07, 6.45) is 8.79. The zero-order chi connectivity index (χ0) is 15.9. The van der Waals surface area contributed by atoms with Gasteiger partial charge in [-0.2, -0.15) is 0 Å². The molecule has 0 N–H and O–H groups in total. The van der Waals surface area contributed by atoms with Gasteiger partial charge in [0.2, 0.25) is 0 Å². The van der Waals surface area contributed by atoms with Crippen molar-refractivity contribution >= 4 is 8.56 Å². The minimum Gasteiger partial charge on any atom is -0.393 e. The number of ether oxygens (including phenoxy) is 2. The van der Waals surface area contributed by atoms with Gasteiger partial charge in [0.1, 0.15) is 5.22 Å². The zero-order valence-corrected chi connectivity index (χ0v) is 15.7. The fourth-order valence-electron chi connectivity index (χ4n) is 3.97. The highest BCUT2D eigenvalue weighted by Gasteiger charge is 2.59. The van der Waals surface area contributed by atoms with Gasteiger partial charge >= 0.3 is 8.56 Å². The van der Waals surface area contributed by atoms with Crippen LogP contribution in [0.5, 0.6) is 0 Å². The largest absolute Gasteiger partial charge is 0.393 e. The molecule has 0 aromatic rings. The fourth-order valence-corrected chi connectivity index (χ4v) is 8.45. The molecule has 2 rings (SSSR count). The molecule has 0 aromatic heterocycles. The first-order valence-corrected chi connectivity index (χ1v) is 11.3. The third-order valence-electron chi connectivity index (χ3n) is 4.97. The molecule has 0 radical (unpaired) electrons. The highest BCUT2D eigenvalue weighted by Crippen LogP contribution is 2.44. The number of epoxide rings is 1. The van der Waals surface area contributed by atoms with Gasteiger partial charge < -0.3 is 18.3 Å². The van der Waals surface area contributed by atoms with E-state index in [2.05, 4.69) is 20.8 Å². The van der Waals surface area contributed by atoms with Crippen molar-refractivity contribution in [1.82, 2.24) is 0 Å². The van der Waals surface area contributed by atoms with E-state index in [9.17, 15) is 0 Å². The lowest BCUT2D eigenvalue weighted by Gasteiger charge is -2.49. The average Bonchev–Trinajstić information content (AvgIpc) is 3.32. The highest BCUT2D eigenvalue weighted by molar-refractivity contribution is 6.70. The Hall–Kier alpha value is 0.0569. The van der Waals surface area contributed by atoms with Crippen molar-refractivity contribution in [3.63, 3.8) is 0 Å². The predicted octanol–water partition coefficient (Wildman–Crippen LogP) is 3.96. The summed E-state index contributed by atoms with van der Waals surface area (Å²) in [5.74, 6) is 0. The lowest BCUT2D eigenvalue weighted by Crippen LogP contribution is -2.66. The number of hydrogen-bond donors (Lipinski definition) is 0. The van der Waals surface area contributed by atoms with Crippen molar-refractivity contribution in [3.8, 4) is 0 Å². The Morgan fingerprint density at radius 2 is 1.77 bits per heavy atom. The smallest absolute Gasteiger partial charge is 0.371 e. The first kappa shape index (κ1) is 18.4. The van der Waals surface area contributed by atoms with Crippen LogP contribution in [0.4, 0.5) is 0 Å². The molecule has 4 nitrogen and oxygen atoms in total. The quantitative estimate of drug-likeness (QED) is 0.327. The lowest BCUT2D eigenvalue weighted by molar-refractivity contribution is -0.0468. The van der Waals surface area contributed by atoms with E-state index in [1.807, 2.05) is 0 Å². The summed E-state index contributed by atoms with van der Waals surface area (Å²) >= 11 is 0. The Morgan fingerprint density at radius 1 is 1.05 bits per heavy atom. The van der Waals surface area contributed by atoms with Crippen molar-refractivity contribution in [2.75, 3.05) is 26.4 Å². The molecule has 2 fully saturated rings. The van der Waals surface area contributed by atoms with Gasteiger partial charge in [-0.3, -0.25) is 0 Å². The van der Waals surface area contributed by atoms with E-state index in [1.54, 1.807) is 0 Å². The molecule has 2 aliphatic heterocycles. The summed E-state index contributed by atoms with van der Waals surface area (Å²) in [6, 6.07) is 1.08. The molecular weight excluding hydrogens is 296 g/mol. The normalized spacial score (nSPS) is 30.4. The molecule has 22 heavy (non-hydrogen) atoms. The molecule has 2 aliphatic rings. The van der Waals surface area contributed by atoms with Crippen molar-refractivity contribution in [1.29, 1.82) is 0 Å². The minimum atomic E-state index is -2.30. The number of rotatable bonds is 11. The Labute approximate surface area is 137 Å². The second-order valence-corrected chi connectivity index (χ2v) is 9.95. The molecule has 0 amide bonds. The van der Waals surface area contributed by atoms with Crippen LogP contribution in [0.3, 0.4) is 0 Å². The van der Waals surface area contributed by atoms with Crippen molar-refractivity contribution in [3.05, 3.63) is 0 Å². The molecule has 0 spiro atoms. The Bertz CT molecular complexity index is 306. The van der Waals surface area contributed by atoms with Crippen LogP contribution in [-0.2, 0) is 18.3 Å². The summed E-state index contributed by atoms with van der Waals surface area (Å²) in [4.78, 5) is 0. The van der Waals surface area contributed by atoms with E-state index in [1.165, 1.54) is 32.1 Å². The SMILES string of the molecule is CCOC1(CCCCC2CO2)CCCC[Si]1(OCC)OCC. The Balaban J connectivity index is 2.05. The molecule has 0 aliphatic carbocycles. The van der Waals surface area contributed by atoms with Crippen molar-refractivity contribution < 1.29 is 18.3 Å². The molecule has 2 unspecified atom stereocenters. The Morgan fingerprint density at radius 3 is 2.36 bits per heavy atom. The summed E-state index contributed by atoms with van der Waals surface area (Å²) in [5, 5.41) is -0.142. The number of hydrogen-bond acceptors (Lipinski definition) is 4. The monoisotopic (exact) mass is 330 g/mol. The van der Waals surface area contributed by atoms with E-state index in [0.717, 1.165) is 45.3 Å². The summed E-state index contributed by atoms with van der Waals surface area (Å²) in [7, 11) is -2.30. The molecule has 5 heteroatoms. The van der Waals surface area contributed by atoms with Crippen LogP contribution in [0.2, 0.25) is 6.04 Å². The second kappa shape index (κ2) is 8.78. The molecular formula is C17H34O4Si. The summed E-state index contributed by atoms with van der Waals surface area (Å²) in [5.41, 5.74) is 0. The van der Waals surface area contributed by atoms with E-state index in [0.29, 0.717) is 6.10 Å². The zero-order valence-electron chi connectivity index (χ0n) is 14.7. The molecule has 0 saturated carbocycles. The maximum absolute atomic E-state index is 6.39. The van der Waals surface area contributed by atoms with Crippen LogP contribution in [0, 0.1) is 0 Å². The third kappa shape index (κ3) is 4.32.